The Bertz CT molecular complexity index is 566. The van der Waals surface area contributed by atoms with Gasteiger partial charge in [0.25, 0.3) is 0 Å². The van der Waals surface area contributed by atoms with Gasteiger partial charge in [-0.2, -0.15) is 0 Å². The summed E-state index contributed by atoms with van der Waals surface area (Å²) in [7, 11) is 0. The second kappa shape index (κ2) is 7.79. The molecule has 140 valence electrons. The number of carbonyl (C=O) groups excluding carboxylic acids is 1. The van der Waals surface area contributed by atoms with Gasteiger partial charge in [-0.15, -0.1) is 0 Å². The first-order chi connectivity index (χ1) is 12.1. The summed E-state index contributed by atoms with van der Waals surface area (Å²) in [5.41, 5.74) is 0.244. The normalized spacial score (nSPS) is 33.2. The predicted molar refractivity (Wildman–Crippen MR) is 96.4 cm³/mol. The van der Waals surface area contributed by atoms with Crippen LogP contribution in [0.1, 0.15) is 78.1 Å². The zero-order valence-electron chi connectivity index (χ0n) is 15.6. The van der Waals surface area contributed by atoms with Gasteiger partial charge in [0.1, 0.15) is 23.5 Å². The average Bonchev–Trinajstić information content (AvgIpc) is 2.59. The number of ether oxygens (including phenoxy) is 1. The SMILES string of the molecule is CCC/C(=N\OCC)C1=C(O)CC2(CCCC3CCCCC32)OC1=O. The van der Waals surface area contributed by atoms with Crippen LogP contribution in [0.2, 0.25) is 0 Å². The Hall–Kier alpha value is -1.52. The Labute approximate surface area is 150 Å². The highest BCUT2D eigenvalue weighted by Gasteiger charge is 2.52. The van der Waals surface area contributed by atoms with E-state index in [1.54, 1.807) is 0 Å². The second-order valence-electron chi connectivity index (χ2n) is 7.70. The van der Waals surface area contributed by atoms with Gasteiger partial charge in [0.2, 0.25) is 0 Å². The van der Waals surface area contributed by atoms with E-state index < -0.39 is 11.6 Å². The van der Waals surface area contributed by atoms with E-state index in [2.05, 4.69) is 5.16 Å². The highest BCUT2D eigenvalue weighted by molar-refractivity contribution is 6.20. The van der Waals surface area contributed by atoms with Crippen molar-refractivity contribution in [2.75, 3.05) is 6.61 Å². The third-order valence-corrected chi connectivity index (χ3v) is 6.09. The lowest BCUT2D eigenvalue weighted by molar-refractivity contribution is -0.177. The minimum atomic E-state index is -0.503. The molecule has 3 rings (SSSR count). The molecule has 2 aliphatic carbocycles. The molecular weight excluding hydrogens is 318 g/mol. The number of oxime groups is 1. The standard InChI is InChI=1S/C20H31NO4/c1-3-8-16(21-24-4-2)18-17(22)13-20(25-19(18)23)12-7-10-14-9-5-6-11-15(14)20/h14-15,22H,3-13H2,1-2H3/b21-16+. The van der Waals surface area contributed by atoms with Crippen LogP contribution in [0.15, 0.2) is 16.5 Å². The Kier molecular flexibility index (Phi) is 5.70. The van der Waals surface area contributed by atoms with Crippen molar-refractivity contribution < 1.29 is 19.5 Å². The molecule has 2 fully saturated rings. The maximum Gasteiger partial charge on any atom is 0.344 e. The number of esters is 1. The Morgan fingerprint density at radius 1 is 1.28 bits per heavy atom. The topological polar surface area (TPSA) is 68.1 Å². The maximum atomic E-state index is 12.9. The van der Waals surface area contributed by atoms with Crippen molar-refractivity contribution in [3.05, 3.63) is 11.3 Å². The predicted octanol–water partition coefficient (Wildman–Crippen LogP) is 4.67. The summed E-state index contributed by atoms with van der Waals surface area (Å²) < 4.78 is 6.08. The Morgan fingerprint density at radius 2 is 2.04 bits per heavy atom. The van der Waals surface area contributed by atoms with Crippen molar-refractivity contribution in [1.29, 1.82) is 0 Å². The highest BCUT2D eigenvalue weighted by Crippen LogP contribution is 2.52. The summed E-state index contributed by atoms with van der Waals surface area (Å²) in [6, 6.07) is 0. The number of aliphatic hydroxyl groups is 1. The van der Waals surface area contributed by atoms with Gasteiger partial charge in [0.05, 0.1) is 5.71 Å². The molecule has 1 N–H and O–H groups in total. The molecule has 25 heavy (non-hydrogen) atoms. The van der Waals surface area contributed by atoms with Gasteiger partial charge in [-0.3, -0.25) is 0 Å². The maximum absolute atomic E-state index is 12.9. The fraction of sp³-hybridized carbons (Fsp3) is 0.800. The third kappa shape index (κ3) is 3.56. The molecule has 3 unspecified atom stereocenters. The molecule has 1 heterocycles. The van der Waals surface area contributed by atoms with E-state index in [4.69, 9.17) is 9.57 Å². The molecule has 0 aromatic rings. The average molecular weight is 349 g/mol. The molecular formula is C20H31NO4. The molecule has 0 radical (unpaired) electrons. The van der Waals surface area contributed by atoms with Crippen LogP contribution in [0.25, 0.3) is 0 Å². The summed E-state index contributed by atoms with van der Waals surface area (Å²) in [4.78, 5) is 18.0. The van der Waals surface area contributed by atoms with Crippen molar-refractivity contribution in [2.24, 2.45) is 17.0 Å². The number of hydrogen-bond donors (Lipinski definition) is 1. The van der Waals surface area contributed by atoms with Gasteiger partial charge < -0.3 is 14.7 Å². The Morgan fingerprint density at radius 3 is 2.76 bits per heavy atom. The molecule has 5 nitrogen and oxygen atoms in total. The molecule has 3 aliphatic rings. The largest absolute Gasteiger partial charge is 0.511 e. The fourth-order valence-electron chi connectivity index (χ4n) is 5.08. The summed E-state index contributed by atoms with van der Waals surface area (Å²) >= 11 is 0. The molecule has 1 spiro atoms. The van der Waals surface area contributed by atoms with Crippen molar-refractivity contribution in [3.8, 4) is 0 Å². The number of aliphatic hydroxyl groups excluding tert-OH is 1. The Balaban J connectivity index is 1.89. The molecule has 3 atom stereocenters. The highest BCUT2D eigenvalue weighted by atomic mass is 16.6. The van der Waals surface area contributed by atoms with Crippen molar-refractivity contribution in [2.45, 2.75) is 83.7 Å². The number of rotatable bonds is 5. The fourth-order valence-corrected chi connectivity index (χ4v) is 5.08. The van der Waals surface area contributed by atoms with E-state index in [0.717, 1.165) is 25.7 Å². The minimum absolute atomic E-state index is 0.148. The van der Waals surface area contributed by atoms with E-state index in [-0.39, 0.29) is 11.3 Å². The van der Waals surface area contributed by atoms with E-state index in [1.165, 1.54) is 25.7 Å². The van der Waals surface area contributed by atoms with Crippen molar-refractivity contribution in [1.82, 2.24) is 0 Å². The summed E-state index contributed by atoms with van der Waals surface area (Å²) in [5, 5.41) is 14.9. The second-order valence-corrected chi connectivity index (χ2v) is 7.70. The van der Waals surface area contributed by atoms with Crippen molar-refractivity contribution in [3.63, 3.8) is 0 Å². The number of carbonyl (C=O) groups is 1. The first-order valence-electron chi connectivity index (χ1n) is 9.96. The van der Waals surface area contributed by atoms with E-state index >= 15 is 0 Å². The van der Waals surface area contributed by atoms with Gasteiger partial charge in [0.15, 0.2) is 0 Å². The quantitative estimate of drug-likeness (QED) is 0.445. The molecule has 0 amide bonds. The molecule has 0 saturated heterocycles. The lowest BCUT2D eigenvalue weighted by atomic mass is 9.61. The number of nitrogens with zero attached hydrogens (tertiary/aromatic N) is 1. The number of hydrogen-bond acceptors (Lipinski definition) is 5. The smallest absolute Gasteiger partial charge is 0.344 e. The molecule has 0 bridgehead atoms. The van der Waals surface area contributed by atoms with Crippen LogP contribution < -0.4 is 0 Å². The molecule has 0 aromatic heterocycles. The van der Waals surface area contributed by atoms with Crippen LogP contribution in [0.4, 0.5) is 0 Å². The van der Waals surface area contributed by atoms with Gasteiger partial charge >= 0.3 is 5.97 Å². The molecule has 2 saturated carbocycles. The lowest BCUT2D eigenvalue weighted by Crippen LogP contribution is -2.52. The van der Waals surface area contributed by atoms with E-state index in [0.29, 0.717) is 37.0 Å². The van der Waals surface area contributed by atoms with Crippen LogP contribution in [0.3, 0.4) is 0 Å². The number of fused-ring (bicyclic) bond motifs is 2. The minimum Gasteiger partial charge on any atom is -0.511 e. The van der Waals surface area contributed by atoms with Crippen LogP contribution in [-0.4, -0.2) is 29.0 Å². The monoisotopic (exact) mass is 349 g/mol. The summed E-state index contributed by atoms with van der Waals surface area (Å²) in [5.74, 6) is 0.759. The van der Waals surface area contributed by atoms with Crippen LogP contribution in [-0.2, 0) is 14.4 Å². The zero-order valence-corrected chi connectivity index (χ0v) is 15.6. The lowest BCUT2D eigenvalue weighted by Gasteiger charge is -2.50. The molecule has 0 aromatic carbocycles. The first-order valence-corrected chi connectivity index (χ1v) is 9.96. The van der Waals surface area contributed by atoms with Crippen molar-refractivity contribution >= 4 is 11.7 Å². The van der Waals surface area contributed by atoms with Crippen LogP contribution in [0, 0.1) is 11.8 Å². The van der Waals surface area contributed by atoms with E-state index in [9.17, 15) is 9.90 Å². The summed E-state index contributed by atoms with van der Waals surface area (Å²) in [6.45, 7) is 4.30. The van der Waals surface area contributed by atoms with E-state index in [1.807, 2.05) is 13.8 Å². The van der Waals surface area contributed by atoms with Gasteiger partial charge in [-0.05, 0) is 44.9 Å². The van der Waals surface area contributed by atoms with Gasteiger partial charge in [0, 0.05) is 12.3 Å². The third-order valence-electron chi connectivity index (χ3n) is 6.09. The molecule has 5 heteroatoms. The van der Waals surface area contributed by atoms with Gasteiger partial charge in [-0.1, -0.05) is 37.8 Å². The zero-order chi connectivity index (χ0) is 17.9. The van der Waals surface area contributed by atoms with Crippen LogP contribution in [0.5, 0.6) is 0 Å². The molecule has 1 aliphatic heterocycles. The van der Waals surface area contributed by atoms with Crippen LogP contribution >= 0.6 is 0 Å². The van der Waals surface area contributed by atoms with Gasteiger partial charge in [-0.25, -0.2) is 4.79 Å². The summed E-state index contributed by atoms with van der Waals surface area (Å²) in [6.07, 6.45) is 9.83. The first kappa shape index (κ1) is 18.3.